The molecule has 0 aliphatic carbocycles. The second-order valence-electron chi connectivity index (χ2n) is 5.85. The van der Waals surface area contributed by atoms with Crippen molar-refractivity contribution < 1.29 is 9.53 Å². The van der Waals surface area contributed by atoms with E-state index in [4.69, 9.17) is 4.74 Å². The first-order chi connectivity index (χ1) is 8.85. The number of hydrogen-bond donors (Lipinski definition) is 1. The van der Waals surface area contributed by atoms with Gasteiger partial charge >= 0.3 is 6.09 Å². The third-order valence-corrected chi connectivity index (χ3v) is 3.01. The van der Waals surface area contributed by atoms with E-state index >= 15 is 0 Å². The molecule has 4 nitrogen and oxygen atoms in total. The molecule has 0 unspecified atom stereocenters. The van der Waals surface area contributed by atoms with Gasteiger partial charge in [-0.3, -0.25) is 0 Å². The Morgan fingerprint density at radius 2 is 2.16 bits per heavy atom. The van der Waals surface area contributed by atoms with E-state index in [9.17, 15) is 4.79 Å². The molecule has 108 valence electrons. The molecule has 0 aromatic heterocycles. The van der Waals surface area contributed by atoms with Crippen LogP contribution < -0.4 is 5.32 Å². The Morgan fingerprint density at radius 1 is 1.47 bits per heavy atom. The number of piperidine rings is 1. The predicted octanol–water partition coefficient (Wildman–Crippen LogP) is 3.07. The molecule has 0 aromatic carbocycles. The summed E-state index contributed by atoms with van der Waals surface area (Å²) in [5.41, 5.74) is 0.671. The van der Waals surface area contributed by atoms with Gasteiger partial charge in [0.15, 0.2) is 0 Å². The standard InChI is InChI=1S/C15H26N2O2/c1-6-13(7-2)17-10-8-9-12(11-17)16-14(18)19-15(3,4)5/h6-7,12H,1,8-11H2,2-5H3,(H,16,18)/b13-7+/t12-/m0/s1. The Bertz CT molecular complexity index is 356. The minimum Gasteiger partial charge on any atom is -0.444 e. The number of likely N-dealkylation sites (tertiary alicyclic amines) is 1. The summed E-state index contributed by atoms with van der Waals surface area (Å²) in [5, 5.41) is 2.94. The van der Waals surface area contributed by atoms with Gasteiger partial charge in [0.25, 0.3) is 0 Å². The molecule has 19 heavy (non-hydrogen) atoms. The van der Waals surface area contributed by atoms with Gasteiger partial charge in [-0.15, -0.1) is 0 Å². The number of amides is 1. The van der Waals surface area contributed by atoms with Crippen molar-refractivity contribution in [2.75, 3.05) is 13.1 Å². The zero-order valence-electron chi connectivity index (χ0n) is 12.5. The van der Waals surface area contributed by atoms with Crippen molar-refractivity contribution in [3.8, 4) is 0 Å². The molecule has 1 N–H and O–H groups in total. The van der Waals surface area contributed by atoms with Gasteiger partial charge in [0.05, 0.1) is 0 Å². The maximum Gasteiger partial charge on any atom is 0.407 e. The molecule has 1 heterocycles. The zero-order chi connectivity index (χ0) is 14.5. The lowest BCUT2D eigenvalue weighted by Gasteiger charge is -2.35. The first-order valence-electron chi connectivity index (χ1n) is 6.89. The van der Waals surface area contributed by atoms with Crippen LogP contribution in [-0.4, -0.2) is 35.7 Å². The summed E-state index contributed by atoms with van der Waals surface area (Å²) in [6, 6.07) is 0.137. The summed E-state index contributed by atoms with van der Waals surface area (Å²) < 4.78 is 5.29. The molecule has 1 saturated heterocycles. The molecular formula is C15H26N2O2. The Hall–Kier alpha value is -1.45. The minimum atomic E-state index is -0.450. The fourth-order valence-electron chi connectivity index (χ4n) is 2.23. The monoisotopic (exact) mass is 266 g/mol. The molecule has 0 radical (unpaired) electrons. The number of rotatable bonds is 3. The highest BCUT2D eigenvalue weighted by molar-refractivity contribution is 5.68. The van der Waals surface area contributed by atoms with Crippen molar-refractivity contribution in [3.05, 3.63) is 24.4 Å². The summed E-state index contributed by atoms with van der Waals surface area (Å²) >= 11 is 0. The lowest BCUT2D eigenvalue weighted by atomic mass is 10.1. The van der Waals surface area contributed by atoms with E-state index in [-0.39, 0.29) is 12.1 Å². The van der Waals surface area contributed by atoms with Crippen LogP contribution in [0.1, 0.15) is 40.5 Å². The largest absolute Gasteiger partial charge is 0.444 e. The highest BCUT2D eigenvalue weighted by Gasteiger charge is 2.24. The Morgan fingerprint density at radius 3 is 2.68 bits per heavy atom. The Labute approximate surface area is 116 Å². The number of ether oxygens (including phenoxy) is 1. The van der Waals surface area contributed by atoms with Gasteiger partial charge in [0.1, 0.15) is 5.60 Å². The summed E-state index contributed by atoms with van der Waals surface area (Å²) in [4.78, 5) is 14.0. The first kappa shape index (κ1) is 15.6. The number of nitrogens with one attached hydrogen (secondary N) is 1. The van der Waals surface area contributed by atoms with E-state index in [1.807, 2.05) is 39.8 Å². The van der Waals surface area contributed by atoms with Crippen LogP contribution >= 0.6 is 0 Å². The third-order valence-electron chi connectivity index (χ3n) is 3.01. The number of nitrogens with zero attached hydrogens (tertiary/aromatic N) is 1. The van der Waals surface area contributed by atoms with Crippen molar-refractivity contribution in [3.63, 3.8) is 0 Å². The molecular weight excluding hydrogens is 240 g/mol. The van der Waals surface area contributed by atoms with Crippen LogP contribution in [0.15, 0.2) is 24.4 Å². The second-order valence-corrected chi connectivity index (χ2v) is 5.85. The number of allylic oxidation sites excluding steroid dienone is 2. The maximum absolute atomic E-state index is 11.8. The molecule has 1 fully saturated rings. The van der Waals surface area contributed by atoms with E-state index in [1.54, 1.807) is 0 Å². The summed E-state index contributed by atoms with van der Waals surface area (Å²) in [6.07, 6.45) is 5.62. The van der Waals surface area contributed by atoms with Gasteiger partial charge in [-0.2, -0.15) is 0 Å². The van der Waals surface area contributed by atoms with E-state index in [2.05, 4.69) is 16.8 Å². The van der Waals surface area contributed by atoms with E-state index in [0.29, 0.717) is 0 Å². The fourth-order valence-corrected chi connectivity index (χ4v) is 2.23. The van der Waals surface area contributed by atoms with Gasteiger partial charge in [0.2, 0.25) is 0 Å². The van der Waals surface area contributed by atoms with Gasteiger partial charge in [-0.05, 0) is 46.6 Å². The predicted molar refractivity (Wildman–Crippen MR) is 77.9 cm³/mol. The first-order valence-corrected chi connectivity index (χ1v) is 6.89. The number of alkyl carbamates (subject to hydrolysis) is 1. The maximum atomic E-state index is 11.8. The lowest BCUT2D eigenvalue weighted by Crippen LogP contribution is -2.48. The topological polar surface area (TPSA) is 41.6 Å². The van der Waals surface area contributed by atoms with Crippen LogP contribution in [0.4, 0.5) is 4.79 Å². The highest BCUT2D eigenvalue weighted by atomic mass is 16.6. The zero-order valence-corrected chi connectivity index (χ0v) is 12.5. The highest BCUT2D eigenvalue weighted by Crippen LogP contribution is 2.16. The molecule has 0 saturated carbocycles. The van der Waals surface area contributed by atoms with Crippen LogP contribution in [0.2, 0.25) is 0 Å². The van der Waals surface area contributed by atoms with Gasteiger partial charge in [0, 0.05) is 24.8 Å². The molecule has 0 bridgehead atoms. The molecule has 0 spiro atoms. The van der Waals surface area contributed by atoms with Crippen LogP contribution in [-0.2, 0) is 4.74 Å². The fraction of sp³-hybridized carbons (Fsp3) is 0.667. The molecule has 1 rings (SSSR count). The minimum absolute atomic E-state index is 0.137. The smallest absolute Gasteiger partial charge is 0.407 e. The molecule has 1 aliphatic heterocycles. The van der Waals surface area contributed by atoms with E-state index in [0.717, 1.165) is 31.6 Å². The molecule has 4 heteroatoms. The molecule has 1 atom stereocenters. The normalized spacial score (nSPS) is 20.9. The SMILES string of the molecule is C=C/C(=C\C)N1CCC[C@H](NC(=O)OC(C)(C)C)C1. The molecule has 1 aliphatic rings. The quantitative estimate of drug-likeness (QED) is 0.798. The summed E-state index contributed by atoms with van der Waals surface area (Å²) in [6.45, 7) is 13.3. The van der Waals surface area contributed by atoms with Crippen LogP contribution in [0.25, 0.3) is 0 Å². The van der Waals surface area contributed by atoms with Gasteiger partial charge in [-0.1, -0.05) is 12.7 Å². The Balaban J connectivity index is 2.51. The van der Waals surface area contributed by atoms with Gasteiger partial charge < -0.3 is 15.0 Å². The second kappa shape index (κ2) is 6.64. The summed E-state index contributed by atoms with van der Waals surface area (Å²) in [7, 11) is 0. The average molecular weight is 266 g/mol. The lowest BCUT2D eigenvalue weighted by molar-refractivity contribution is 0.0481. The number of carbonyl (C=O) groups excluding carboxylic acids is 1. The molecule has 1 amide bonds. The van der Waals surface area contributed by atoms with Crippen molar-refractivity contribution in [2.24, 2.45) is 0 Å². The third kappa shape index (κ3) is 5.37. The van der Waals surface area contributed by atoms with Crippen molar-refractivity contribution in [1.82, 2.24) is 10.2 Å². The van der Waals surface area contributed by atoms with Crippen molar-refractivity contribution >= 4 is 6.09 Å². The van der Waals surface area contributed by atoms with Crippen LogP contribution in [0, 0.1) is 0 Å². The number of hydrogen-bond acceptors (Lipinski definition) is 3. The Kier molecular flexibility index (Phi) is 5.45. The molecule has 0 aromatic rings. The van der Waals surface area contributed by atoms with E-state index in [1.165, 1.54) is 0 Å². The average Bonchev–Trinajstić information content (AvgIpc) is 2.28. The van der Waals surface area contributed by atoms with Crippen molar-refractivity contribution in [1.29, 1.82) is 0 Å². The van der Waals surface area contributed by atoms with Crippen molar-refractivity contribution in [2.45, 2.75) is 52.2 Å². The van der Waals surface area contributed by atoms with Crippen LogP contribution in [0.3, 0.4) is 0 Å². The van der Waals surface area contributed by atoms with Crippen LogP contribution in [0.5, 0.6) is 0 Å². The van der Waals surface area contributed by atoms with E-state index < -0.39 is 5.60 Å². The van der Waals surface area contributed by atoms with Gasteiger partial charge in [-0.25, -0.2) is 4.79 Å². The summed E-state index contributed by atoms with van der Waals surface area (Å²) in [5.74, 6) is 0. The number of carbonyl (C=O) groups is 1.